The van der Waals surface area contributed by atoms with Crippen LogP contribution >= 0.6 is 24.0 Å². The van der Waals surface area contributed by atoms with Gasteiger partial charge < -0.3 is 0 Å². The molecule has 3 radical (unpaired) electrons. The molecule has 0 aromatic carbocycles. The summed E-state index contributed by atoms with van der Waals surface area (Å²) in [6, 6.07) is 0. The largest absolute Gasteiger partial charge is 0.107 e. The molecule has 0 fully saturated rings. The molecule has 0 heterocycles. The van der Waals surface area contributed by atoms with Gasteiger partial charge in [0, 0.05) is 53.6 Å². The summed E-state index contributed by atoms with van der Waals surface area (Å²) in [6.45, 7) is 0. The monoisotopic (exact) mass is 335 g/mol. The molecular formula is HCuISeZn. The minimum absolute atomic E-state index is 0. The van der Waals surface area contributed by atoms with Crippen LogP contribution in [0.5, 0.6) is 0 Å². The number of hydrogen-bond donors (Lipinski definition) is 0. The van der Waals surface area contributed by atoms with E-state index in [4.69, 9.17) is 0 Å². The Morgan fingerprint density at radius 1 is 1.00 bits per heavy atom. The van der Waals surface area contributed by atoms with Gasteiger partial charge in [0.1, 0.15) is 0 Å². The predicted molar refractivity (Wildman–Crippen MR) is 21.2 cm³/mol. The molecule has 0 nitrogen and oxygen atoms in total. The van der Waals surface area contributed by atoms with Crippen molar-refractivity contribution in [3.63, 3.8) is 0 Å². The summed E-state index contributed by atoms with van der Waals surface area (Å²) >= 11 is 0. The third kappa shape index (κ3) is 8.83. The first-order valence-electron chi connectivity index (χ1n) is 0. The molecule has 0 unspecified atom stereocenters. The molecular weight excluding hydrogens is 335 g/mol. The molecule has 0 saturated carbocycles. The summed E-state index contributed by atoms with van der Waals surface area (Å²) in [5, 5.41) is 0. The fourth-order valence-electron chi connectivity index (χ4n) is 0. The molecule has 0 aliphatic heterocycles. The summed E-state index contributed by atoms with van der Waals surface area (Å²) in [5.41, 5.74) is 0. The van der Waals surface area contributed by atoms with Crippen LogP contribution < -0.4 is 0 Å². The molecule has 0 aliphatic rings. The summed E-state index contributed by atoms with van der Waals surface area (Å²) in [4.78, 5) is 0. The SMILES string of the molecule is I.[Cu].[Se].[Zn]. The molecule has 0 aromatic rings. The van der Waals surface area contributed by atoms with Gasteiger partial charge in [0.2, 0.25) is 0 Å². The van der Waals surface area contributed by atoms with Crippen LogP contribution in [0, 0.1) is 0 Å². The maximum Gasteiger partial charge on any atom is 0 e. The van der Waals surface area contributed by atoms with Gasteiger partial charge in [-0.25, -0.2) is 0 Å². The first-order valence-corrected chi connectivity index (χ1v) is 0. The van der Waals surface area contributed by atoms with Crippen LogP contribution in [0.1, 0.15) is 0 Å². The number of rotatable bonds is 0. The van der Waals surface area contributed by atoms with E-state index < -0.39 is 0 Å². The van der Waals surface area contributed by atoms with Crippen molar-refractivity contribution in [1.82, 2.24) is 0 Å². The van der Waals surface area contributed by atoms with Gasteiger partial charge in [0.05, 0.1) is 0 Å². The minimum Gasteiger partial charge on any atom is -0.107 e. The van der Waals surface area contributed by atoms with Crippen LogP contribution in [0.15, 0.2) is 0 Å². The van der Waals surface area contributed by atoms with Crippen molar-refractivity contribution in [2.45, 2.75) is 0 Å². The predicted octanol–water partition coefficient (Wildman–Crippen LogP) is 0.232. The first-order chi connectivity index (χ1) is 0. The Hall–Kier alpha value is 2.39. The van der Waals surface area contributed by atoms with E-state index in [0.29, 0.717) is 0 Å². The van der Waals surface area contributed by atoms with E-state index in [2.05, 4.69) is 0 Å². The standard InChI is InChI=1S/Cu.HI.Se.Zn/h;1H;;. The Labute approximate surface area is 76.6 Å². The molecule has 0 spiro atoms. The molecule has 0 bridgehead atoms. The zero-order chi connectivity index (χ0) is 0. The molecule has 0 aromatic heterocycles. The van der Waals surface area contributed by atoms with Crippen molar-refractivity contribution in [1.29, 1.82) is 0 Å². The number of halogens is 1. The molecule has 4 heteroatoms. The Morgan fingerprint density at radius 3 is 1.00 bits per heavy atom. The van der Waals surface area contributed by atoms with Crippen molar-refractivity contribution in [2.24, 2.45) is 0 Å². The van der Waals surface area contributed by atoms with E-state index >= 15 is 0 Å². The molecule has 4 heavy (non-hydrogen) atoms. The van der Waals surface area contributed by atoms with Gasteiger partial charge >= 0.3 is 0 Å². The Morgan fingerprint density at radius 2 is 1.00 bits per heavy atom. The van der Waals surface area contributed by atoms with Gasteiger partial charge in [-0.3, -0.25) is 0 Å². The van der Waals surface area contributed by atoms with Gasteiger partial charge in [-0.15, -0.1) is 24.0 Å². The van der Waals surface area contributed by atoms with Gasteiger partial charge in [0.25, 0.3) is 0 Å². The fourth-order valence-corrected chi connectivity index (χ4v) is 0. The van der Waals surface area contributed by atoms with Crippen LogP contribution in [0.2, 0.25) is 0 Å². The van der Waals surface area contributed by atoms with Crippen LogP contribution in [-0.4, -0.2) is 17.1 Å². The molecule has 0 saturated heterocycles. The summed E-state index contributed by atoms with van der Waals surface area (Å²) in [6.07, 6.45) is 0. The van der Waals surface area contributed by atoms with Crippen molar-refractivity contribution < 1.29 is 36.5 Å². The second-order valence-electron chi connectivity index (χ2n) is 0. The first kappa shape index (κ1) is 32.5. The van der Waals surface area contributed by atoms with Crippen molar-refractivity contribution in [3.05, 3.63) is 0 Å². The minimum atomic E-state index is 0. The summed E-state index contributed by atoms with van der Waals surface area (Å²) in [5.74, 6) is 0. The van der Waals surface area contributed by atoms with Gasteiger partial charge in [-0.05, 0) is 0 Å². The van der Waals surface area contributed by atoms with Gasteiger partial charge in [-0.1, -0.05) is 0 Å². The normalized spacial score (nSPS) is 0. The van der Waals surface area contributed by atoms with Crippen molar-refractivity contribution in [3.8, 4) is 0 Å². The van der Waals surface area contributed by atoms with Crippen LogP contribution in [0.3, 0.4) is 0 Å². The van der Waals surface area contributed by atoms with Crippen LogP contribution in [0.25, 0.3) is 0 Å². The summed E-state index contributed by atoms with van der Waals surface area (Å²) in [7, 11) is 0. The van der Waals surface area contributed by atoms with Crippen LogP contribution in [0.4, 0.5) is 0 Å². The average Bonchev–Trinajstić information content (AvgIpc) is 0. The zero-order valence-electron chi connectivity index (χ0n) is 1.83. The van der Waals surface area contributed by atoms with Crippen LogP contribution in [-0.2, 0) is 36.5 Å². The fraction of sp³-hybridized carbons (Fsp3) is 0. The Bertz CT molecular complexity index is 8.00. The van der Waals surface area contributed by atoms with E-state index in [1.54, 1.807) is 0 Å². The molecule has 0 amide bonds. The molecule has 27 valence electrons. The maximum atomic E-state index is 0. The molecule has 0 rings (SSSR count). The third-order valence-electron chi connectivity index (χ3n) is 0. The molecule has 0 aliphatic carbocycles. The van der Waals surface area contributed by atoms with Gasteiger partial charge in [-0.2, -0.15) is 0 Å². The zero-order valence-corrected chi connectivity index (χ0v) is 9.78. The number of hydrogen-bond acceptors (Lipinski definition) is 0. The topological polar surface area (TPSA) is 0 Å². The summed E-state index contributed by atoms with van der Waals surface area (Å²) < 4.78 is 0. The second kappa shape index (κ2) is 18.2. The molecule has 0 N–H and O–H groups in total. The third-order valence-corrected chi connectivity index (χ3v) is 0. The smallest absolute Gasteiger partial charge is 0 e. The van der Waals surface area contributed by atoms with Crippen molar-refractivity contribution >= 4 is 41.0 Å². The van der Waals surface area contributed by atoms with Gasteiger partial charge in [0.15, 0.2) is 0 Å². The maximum absolute atomic E-state index is 0. The van der Waals surface area contributed by atoms with E-state index in [1.165, 1.54) is 0 Å². The second-order valence-corrected chi connectivity index (χ2v) is 0. The van der Waals surface area contributed by atoms with E-state index in [9.17, 15) is 0 Å². The van der Waals surface area contributed by atoms with E-state index in [0.717, 1.165) is 0 Å². The Kier molecular flexibility index (Phi) is 148. The average molecular weight is 336 g/mol. The molecule has 0 atom stereocenters. The van der Waals surface area contributed by atoms with Crippen molar-refractivity contribution in [2.75, 3.05) is 0 Å². The van der Waals surface area contributed by atoms with E-state index in [-0.39, 0.29) is 77.6 Å². The Balaban J connectivity index is 0. The quantitative estimate of drug-likeness (QED) is 0.439. The van der Waals surface area contributed by atoms with E-state index in [1.807, 2.05) is 0 Å².